The Morgan fingerprint density at radius 1 is 1.03 bits per heavy atom. The first-order valence-electron chi connectivity index (χ1n) is 10.2. The van der Waals surface area contributed by atoms with Crippen LogP contribution < -0.4 is 10.6 Å². The van der Waals surface area contributed by atoms with Gasteiger partial charge in [-0.05, 0) is 31.4 Å². The number of nitrogens with zero attached hydrogens (tertiary/aromatic N) is 2. The van der Waals surface area contributed by atoms with Crippen molar-refractivity contribution >= 4 is 6.03 Å². The van der Waals surface area contributed by atoms with Crippen LogP contribution in [0.1, 0.15) is 53.9 Å². The fourth-order valence-corrected chi connectivity index (χ4v) is 3.57. The molecule has 2 N–H and O–H groups in total. The Hall–Kier alpha value is -3.08. The topological polar surface area (TPSA) is 59.0 Å². The molecule has 152 valence electrons. The number of rotatable bonds is 8. The van der Waals surface area contributed by atoms with Crippen molar-refractivity contribution < 1.29 is 4.79 Å². The maximum atomic E-state index is 12.5. The van der Waals surface area contributed by atoms with Gasteiger partial charge in [0.2, 0.25) is 0 Å². The highest BCUT2D eigenvalue weighted by Gasteiger charge is 2.16. The lowest BCUT2D eigenvalue weighted by Crippen LogP contribution is -2.37. The largest absolute Gasteiger partial charge is 0.334 e. The van der Waals surface area contributed by atoms with Crippen LogP contribution in [0.15, 0.2) is 60.7 Å². The van der Waals surface area contributed by atoms with Gasteiger partial charge in [-0.2, -0.15) is 5.10 Å². The summed E-state index contributed by atoms with van der Waals surface area (Å²) in [5, 5.41) is 10.8. The Bertz CT molecular complexity index is 919. The van der Waals surface area contributed by atoms with Crippen LogP contribution >= 0.6 is 0 Å². The lowest BCUT2D eigenvalue weighted by Gasteiger charge is -2.19. The van der Waals surface area contributed by atoms with E-state index in [0.29, 0.717) is 6.54 Å². The fraction of sp³-hybridized carbons (Fsp3) is 0.333. The second kappa shape index (κ2) is 9.92. The number of urea groups is 1. The number of carbonyl (C=O) groups is 1. The van der Waals surface area contributed by atoms with E-state index in [2.05, 4.69) is 53.8 Å². The van der Waals surface area contributed by atoms with Crippen LogP contribution in [0.25, 0.3) is 0 Å². The summed E-state index contributed by atoms with van der Waals surface area (Å²) in [6, 6.07) is 20.3. The van der Waals surface area contributed by atoms with Gasteiger partial charge in [-0.15, -0.1) is 0 Å². The molecule has 0 bridgehead atoms. The average Bonchev–Trinajstić information content (AvgIpc) is 3.00. The van der Waals surface area contributed by atoms with E-state index in [9.17, 15) is 4.79 Å². The highest BCUT2D eigenvalue weighted by molar-refractivity contribution is 5.74. The van der Waals surface area contributed by atoms with Gasteiger partial charge in [-0.1, -0.05) is 74.0 Å². The Morgan fingerprint density at radius 3 is 2.34 bits per heavy atom. The zero-order valence-corrected chi connectivity index (χ0v) is 17.5. The molecule has 0 aliphatic heterocycles. The minimum absolute atomic E-state index is 0.0178. The van der Waals surface area contributed by atoms with Crippen molar-refractivity contribution in [1.82, 2.24) is 20.4 Å². The van der Waals surface area contributed by atoms with Gasteiger partial charge in [0.05, 0.1) is 18.3 Å². The minimum Gasteiger partial charge on any atom is -0.334 e. The van der Waals surface area contributed by atoms with Crippen LogP contribution in [0.4, 0.5) is 4.79 Å². The van der Waals surface area contributed by atoms with Crippen molar-refractivity contribution in [2.45, 2.75) is 52.7 Å². The van der Waals surface area contributed by atoms with E-state index in [0.717, 1.165) is 41.9 Å². The molecule has 29 heavy (non-hydrogen) atoms. The van der Waals surface area contributed by atoms with Gasteiger partial charge in [-0.3, -0.25) is 4.68 Å². The molecule has 0 radical (unpaired) electrons. The molecule has 0 spiro atoms. The van der Waals surface area contributed by atoms with E-state index in [1.807, 2.05) is 48.0 Å². The molecule has 1 aromatic heterocycles. The van der Waals surface area contributed by atoms with Crippen LogP contribution in [0.2, 0.25) is 0 Å². The van der Waals surface area contributed by atoms with Crippen molar-refractivity contribution in [1.29, 1.82) is 0 Å². The third-order valence-electron chi connectivity index (χ3n) is 5.22. The maximum absolute atomic E-state index is 12.5. The van der Waals surface area contributed by atoms with E-state index in [1.165, 1.54) is 5.56 Å². The van der Waals surface area contributed by atoms with Gasteiger partial charge >= 0.3 is 6.03 Å². The number of hydrogen-bond donors (Lipinski definition) is 2. The predicted molar refractivity (Wildman–Crippen MR) is 117 cm³/mol. The molecule has 5 heteroatoms. The number of carbonyl (C=O) groups excluding carboxylic acids is 1. The Morgan fingerprint density at radius 2 is 1.69 bits per heavy atom. The van der Waals surface area contributed by atoms with E-state index in [-0.39, 0.29) is 12.1 Å². The molecule has 1 heterocycles. The predicted octanol–water partition coefficient (Wildman–Crippen LogP) is 4.89. The molecule has 0 saturated carbocycles. The lowest BCUT2D eigenvalue weighted by atomic mass is 10.0. The summed E-state index contributed by atoms with van der Waals surface area (Å²) in [7, 11) is 0. The monoisotopic (exact) mass is 390 g/mol. The lowest BCUT2D eigenvalue weighted by molar-refractivity contribution is 0.236. The fourth-order valence-electron chi connectivity index (χ4n) is 3.57. The smallest absolute Gasteiger partial charge is 0.315 e. The molecule has 0 aliphatic carbocycles. The molecule has 0 aliphatic rings. The average molecular weight is 391 g/mol. The molecule has 3 aromatic rings. The Kier molecular flexibility index (Phi) is 7.06. The SMILES string of the molecule is CCCC(NC(=O)NCc1c(C)nn(Cc2ccccc2)c1C)c1ccccc1. The van der Waals surface area contributed by atoms with Gasteiger partial charge in [-0.25, -0.2) is 4.79 Å². The minimum atomic E-state index is -0.151. The third kappa shape index (κ3) is 5.47. The third-order valence-corrected chi connectivity index (χ3v) is 5.22. The summed E-state index contributed by atoms with van der Waals surface area (Å²) in [5.41, 5.74) is 5.45. The Balaban J connectivity index is 1.62. The molecule has 0 fully saturated rings. The van der Waals surface area contributed by atoms with Crippen molar-refractivity contribution in [3.8, 4) is 0 Å². The number of aromatic nitrogens is 2. The Labute approximate surface area is 173 Å². The summed E-state index contributed by atoms with van der Waals surface area (Å²) < 4.78 is 2.00. The number of nitrogens with one attached hydrogen (secondary N) is 2. The number of amides is 2. The molecular formula is C24H30N4O. The second-order valence-corrected chi connectivity index (χ2v) is 7.37. The molecular weight excluding hydrogens is 360 g/mol. The number of hydrogen-bond acceptors (Lipinski definition) is 2. The highest BCUT2D eigenvalue weighted by atomic mass is 16.2. The number of aryl methyl sites for hydroxylation is 1. The molecule has 3 rings (SSSR count). The zero-order chi connectivity index (χ0) is 20.6. The first-order valence-corrected chi connectivity index (χ1v) is 10.2. The molecule has 2 amide bonds. The molecule has 1 unspecified atom stereocenters. The molecule has 0 saturated heterocycles. The van der Waals surface area contributed by atoms with Crippen molar-refractivity contribution in [3.63, 3.8) is 0 Å². The van der Waals surface area contributed by atoms with Crippen LogP contribution in [0.3, 0.4) is 0 Å². The van der Waals surface area contributed by atoms with Crippen LogP contribution in [-0.4, -0.2) is 15.8 Å². The van der Waals surface area contributed by atoms with E-state index in [4.69, 9.17) is 0 Å². The standard InChI is InChI=1S/C24H30N4O/c1-4-11-23(21-14-9-6-10-15-21)26-24(29)25-16-22-18(2)27-28(19(22)3)17-20-12-7-5-8-13-20/h5-10,12-15,23H,4,11,16-17H2,1-3H3,(H2,25,26,29). The normalized spacial score (nSPS) is 11.8. The summed E-state index contributed by atoms with van der Waals surface area (Å²) in [5.74, 6) is 0. The summed E-state index contributed by atoms with van der Waals surface area (Å²) in [6.07, 6.45) is 1.91. The van der Waals surface area contributed by atoms with E-state index >= 15 is 0 Å². The molecule has 1 atom stereocenters. The summed E-state index contributed by atoms with van der Waals surface area (Å²) in [4.78, 5) is 12.5. The highest BCUT2D eigenvalue weighted by Crippen LogP contribution is 2.18. The quantitative estimate of drug-likeness (QED) is 0.575. The second-order valence-electron chi connectivity index (χ2n) is 7.37. The number of benzene rings is 2. The first kappa shape index (κ1) is 20.6. The summed E-state index contributed by atoms with van der Waals surface area (Å²) >= 11 is 0. The van der Waals surface area contributed by atoms with E-state index in [1.54, 1.807) is 0 Å². The van der Waals surface area contributed by atoms with E-state index < -0.39 is 0 Å². The van der Waals surface area contributed by atoms with Gasteiger partial charge in [0.25, 0.3) is 0 Å². The first-order chi connectivity index (χ1) is 14.1. The molecule has 5 nitrogen and oxygen atoms in total. The van der Waals surface area contributed by atoms with Gasteiger partial charge < -0.3 is 10.6 Å². The van der Waals surface area contributed by atoms with Gasteiger partial charge in [0.15, 0.2) is 0 Å². The van der Waals surface area contributed by atoms with Gasteiger partial charge in [0.1, 0.15) is 0 Å². The van der Waals surface area contributed by atoms with Crippen molar-refractivity contribution in [2.75, 3.05) is 0 Å². The molecule has 2 aromatic carbocycles. The maximum Gasteiger partial charge on any atom is 0.315 e. The van der Waals surface area contributed by atoms with Crippen molar-refractivity contribution in [2.24, 2.45) is 0 Å². The van der Waals surface area contributed by atoms with Crippen LogP contribution in [0, 0.1) is 13.8 Å². The zero-order valence-electron chi connectivity index (χ0n) is 17.5. The summed E-state index contributed by atoms with van der Waals surface area (Å²) in [6.45, 7) is 7.37. The van der Waals surface area contributed by atoms with Crippen molar-refractivity contribution in [3.05, 3.63) is 88.7 Å². The van der Waals surface area contributed by atoms with Crippen LogP contribution in [0.5, 0.6) is 0 Å². The van der Waals surface area contributed by atoms with Gasteiger partial charge in [0, 0.05) is 17.8 Å². The van der Waals surface area contributed by atoms with Crippen LogP contribution in [-0.2, 0) is 13.1 Å².